The maximum Gasteiger partial charge on any atom is -0.0133 e. The van der Waals surface area contributed by atoms with Crippen LogP contribution in [0.15, 0.2) is 30.3 Å². The summed E-state index contributed by atoms with van der Waals surface area (Å²) in [6.45, 7) is 2.32. The molecule has 0 radical (unpaired) electrons. The Hall–Kier alpha value is -0.780. The highest BCUT2D eigenvalue weighted by molar-refractivity contribution is 5.24. The van der Waals surface area contributed by atoms with Crippen LogP contribution >= 0.6 is 0 Å². The van der Waals surface area contributed by atoms with Gasteiger partial charge < -0.3 is 0 Å². The maximum absolute atomic E-state index is 2.32. The molecule has 0 nitrogen and oxygen atoms in total. The van der Waals surface area contributed by atoms with Crippen molar-refractivity contribution in [2.24, 2.45) is 5.92 Å². The second-order valence-corrected chi connectivity index (χ2v) is 3.23. The van der Waals surface area contributed by atoms with E-state index in [2.05, 4.69) is 37.3 Å². The first-order chi connectivity index (χ1) is 4.88. The molecule has 0 unspecified atom stereocenters. The lowest BCUT2D eigenvalue weighted by Gasteiger charge is -1.94. The summed E-state index contributed by atoms with van der Waals surface area (Å²) >= 11 is 0. The number of rotatable bonds is 1. The Morgan fingerprint density at radius 1 is 1.20 bits per heavy atom. The van der Waals surface area contributed by atoms with Gasteiger partial charge in [-0.2, -0.15) is 0 Å². The molecule has 1 aliphatic carbocycles. The van der Waals surface area contributed by atoms with Gasteiger partial charge in [0.15, 0.2) is 0 Å². The molecular formula is C10H12. The van der Waals surface area contributed by atoms with Crippen LogP contribution in [-0.2, 0) is 0 Å². The van der Waals surface area contributed by atoms with Crippen LogP contribution in [0.1, 0.15) is 24.8 Å². The van der Waals surface area contributed by atoms with Gasteiger partial charge in [0.1, 0.15) is 0 Å². The van der Waals surface area contributed by atoms with Crippen LogP contribution in [0, 0.1) is 5.92 Å². The molecule has 52 valence electrons. The molecule has 1 aromatic rings. The molecule has 1 saturated carbocycles. The smallest absolute Gasteiger partial charge is 0.0133 e. The summed E-state index contributed by atoms with van der Waals surface area (Å²) in [7, 11) is 0. The van der Waals surface area contributed by atoms with Crippen molar-refractivity contribution in [2.75, 3.05) is 0 Å². The monoisotopic (exact) mass is 132 g/mol. The summed E-state index contributed by atoms with van der Waals surface area (Å²) in [5.74, 6) is 1.81. The highest BCUT2D eigenvalue weighted by Gasteiger charge is 2.33. The minimum atomic E-state index is 0.876. The number of benzene rings is 1. The van der Waals surface area contributed by atoms with E-state index in [4.69, 9.17) is 0 Å². The van der Waals surface area contributed by atoms with Crippen LogP contribution < -0.4 is 0 Å². The first-order valence-electron chi connectivity index (χ1n) is 3.93. The summed E-state index contributed by atoms with van der Waals surface area (Å²) < 4.78 is 0. The molecule has 1 aromatic carbocycles. The fraction of sp³-hybridized carbons (Fsp3) is 0.400. The Bertz CT molecular complexity index is 213. The zero-order valence-electron chi connectivity index (χ0n) is 6.25. The quantitative estimate of drug-likeness (QED) is 0.551. The van der Waals surface area contributed by atoms with E-state index in [0.717, 1.165) is 11.8 Å². The molecule has 0 heteroatoms. The molecular weight excluding hydrogens is 120 g/mol. The molecule has 0 amide bonds. The minimum absolute atomic E-state index is 0.876. The minimum Gasteiger partial charge on any atom is -0.0622 e. The lowest BCUT2D eigenvalue weighted by molar-refractivity contribution is 0.915. The first-order valence-corrected chi connectivity index (χ1v) is 3.93. The van der Waals surface area contributed by atoms with Gasteiger partial charge in [0.2, 0.25) is 0 Å². The van der Waals surface area contributed by atoms with Gasteiger partial charge >= 0.3 is 0 Å². The lowest BCUT2D eigenvalue weighted by Crippen LogP contribution is -1.77. The van der Waals surface area contributed by atoms with Crippen LogP contribution in [0.3, 0.4) is 0 Å². The molecule has 0 N–H and O–H groups in total. The van der Waals surface area contributed by atoms with E-state index < -0.39 is 0 Å². The van der Waals surface area contributed by atoms with Gasteiger partial charge in [0.25, 0.3) is 0 Å². The SMILES string of the molecule is C[C@H]1C[C@@H]1c1ccccc1. The van der Waals surface area contributed by atoms with E-state index in [1.807, 2.05) is 0 Å². The largest absolute Gasteiger partial charge is 0.0622 e. The van der Waals surface area contributed by atoms with Gasteiger partial charge in [-0.3, -0.25) is 0 Å². The summed E-state index contributed by atoms with van der Waals surface area (Å²) in [6.07, 6.45) is 1.39. The van der Waals surface area contributed by atoms with E-state index >= 15 is 0 Å². The predicted molar refractivity (Wildman–Crippen MR) is 43.0 cm³/mol. The number of hydrogen-bond donors (Lipinski definition) is 0. The van der Waals surface area contributed by atoms with Gasteiger partial charge in [0, 0.05) is 0 Å². The van der Waals surface area contributed by atoms with Crippen LogP contribution in [0.5, 0.6) is 0 Å². The van der Waals surface area contributed by atoms with Crippen molar-refractivity contribution in [3.63, 3.8) is 0 Å². The molecule has 1 fully saturated rings. The Morgan fingerprint density at radius 3 is 2.30 bits per heavy atom. The molecule has 10 heavy (non-hydrogen) atoms. The third-order valence-electron chi connectivity index (χ3n) is 2.34. The van der Waals surface area contributed by atoms with Crippen molar-refractivity contribution in [1.82, 2.24) is 0 Å². The second-order valence-electron chi connectivity index (χ2n) is 3.23. The number of hydrogen-bond acceptors (Lipinski definition) is 0. The van der Waals surface area contributed by atoms with E-state index in [1.54, 1.807) is 0 Å². The van der Waals surface area contributed by atoms with Crippen molar-refractivity contribution >= 4 is 0 Å². The van der Waals surface area contributed by atoms with E-state index in [-0.39, 0.29) is 0 Å². The molecule has 0 saturated heterocycles. The highest BCUT2D eigenvalue weighted by atomic mass is 14.4. The standard InChI is InChI=1S/C10H12/c1-8-7-10(8)9-5-3-2-4-6-9/h2-6,8,10H,7H2,1H3/t8-,10-/m0/s1. The Balaban J connectivity index is 2.20. The second kappa shape index (κ2) is 2.12. The zero-order valence-corrected chi connectivity index (χ0v) is 6.25. The van der Waals surface area contributed by atoms with Crippen molar-refractivity contribution in [1.29, 1.82) is 0 Å². The van der Waals surface area contributed by atoms with Crippen molar-refractivity contribution in [3.05, 3.63) is 35.9 Å². The van der Waals surface area contributed by atoms with Gasteiger partial charge in [-0.05, 0) is 23.8 Å². The maximum atomic E-state index is 2.32. The summed E-state index contributed by atoms with van der Waals surface area (Å²) in [4.78, 5) is 0. The van der Waals surface area contributed by atoms with Crippen LogP contribution in [0.2, 0.25) is 0 Å². The van der Waals surface area contributed by atoms with E-state index in [9.17, 15) is 0 Å². The van der Waals surface area contributed by atoms with Gasteiger partial charge in [-0.1, -0.05) is 37.3 Å². The zero-order chi connectivity index (χ0) is 6.97. The van der Waals surface area contributed by atoms with Crippen LogP contribution in [-0.4, -0.2) is 0 Å². The third kappa shape index (κ3) is 0.942. The Kier molecular flexibility index (Phi) is 1.26. The van der Waals surface area contributed by atoms with Gasteiger partial charge in [-0.15, -0.1) is 0 Å². The van der Waals surface area contributed by atoms with Crippen molar-refractivity contribution in [3.8, 4) is 0 Å². The van der Waals surface area contributed by atoms with Crippen LogP contribution in [0.25, 0.3) is 0 Å². The summed E-state index contributed by atoms with van der Waals surface area (Å²) in [6, 6.07) is 10.8. The highest BCUT2D eigenvalue weighted by Crippen LogP contribution is 2.46. The predicted octanol–water partition coefficient (Wildman–Crippen LogP) is 2.81. The molecule has 0 aliphatic heterocycles. The van der Waals surface area contributed by atoms with Gasteiger partial charge in [-0.25, -0.2) is 0 Å². The Labute approximate surface area is 61.9 Å². The van der Waals surface area contributed by atoms with Gasteiger partial charge in [0.05, 0.1) is 0 Å². The van der Waals surface area contributed by atoms with Crippen LogP contribution in [0.4, 0.5) is 0 Å². The first kappa shape index (κ1) is 5.96. The molecule has 2 rings (SSSR count). The molecule has 0 heterocycles. The lowest BCUT2D eigenvalue weighted by atomic mass is 10.1. The summed E-state index contributed by atoms with van der Waals surface area (Å²) in [5, 5.41) is 0. The molecule has 0 spiro atoms. The molecule has 0 aromatic heterocycles. The average molecular weight is 132 g/mol. The topological polar surface area (TPSA) is 0 Å². The molecule has 0 bridgehead atoms. The third-order valence-corrected chi connectivity index (χ3v) is 2.34. The normalized spacial score (nSPS) is 30.1. The molecule has 2 atom stereocenters. The fourth-order valence-corrected chi connectivity index (χ4v) is 1.49. The fourth-order valence-electron chi connectivity index (χ4n) is 1.49. The van der Waals surface area contributed by atoms with E-state index in [0.29, 0.717) is 0 Å². The Morgan fingerprint density at radius 2 is 1.80 bits per heavy atom. The average Bonchev–Trinajstić information content (AvgIpc) is 2.69. The summed E-state index contributed by atoms with van der Waals surface area (Å²) in [5.41, 5.74) is 1.52. The molecule has 1 aliphatic rings. The van der Waals surface area contributed by atoms with E-state index in [1.165, 1.54) is 12.0 Å². The van der Waals surface area contributed by atoms with Crippen molar-refractivity contribution < 1.29 is 0 Å². The van der Waals surface area contributed by atoms with Crippen molar-refractivity contribution in [2.45, 2.75) is 19.3 Å².